The van der Waals surface area contributed by atoms with Gasteiger partial charge in [0.25, 0.3) is 0 Å². The van der Waals surface area contributed by atoms with E-state index in [2.05, 4.69) is 10.1 Å². The molecule has 0 spiro atoms. The number of rotatable bonds is 5. The monoisotopic (exact) mass is 348 g/mol. The highest BCUT2D eigenvalue weighted by Gasteiger charge is 2.24. The van der Waals surface area contributed by atoms with Gasteiger partial charge >= 0.3 is 0 Å². The molecular weight excluding hydrogens is 332 g/mol. The number of methoxy groups -OCH3 is 1. The first kappa shape index (κ1) is 16.5. The van der Waals surface area contributed by atoms with Crippen molar-refractivity contribution in [1.29, 1.82) is 0 Å². The van der Waals surface area contributed by atoms with Crippen molar-refractivity contribution in [2.24, 2.45) is 5.73 Å². The van der Waals surface area contributed by atoms with E-state index < -0.39 is 12.1 Å². The first-order valence-electron chi connectivity index (χ1n) is 7.29. The van der Waals surface area contributed by atoms with Gasteiger partial charge in [-0.25, -0.2) is 9.67 Å². The van der Waals surface area contributed by atoms with Gasteiger partial charge in [-0.15, -0.1) is 5.10 Å². The number of benzene rings is 1. The standard InChI is InChI=1S/C16H17ClN4O3/c1-9(22)14(18)16-19-15(13-4-3-7-24-13)20-21(16)11-8-10(17)5-6-12(11)23-2/h3-9,14,22H,18H2,1-2H3/t9-,14+/m1/s1. The summed E-state index contributed by atoms with van der Waals surface area (Å²) in [5, 5.41) is 14.8. The summed E-state index contributed by atoms with van der Waals surface area (Å²) in [4.78, 5) is 4.43. The molecule has 0 bridgehead atoms. The molecule has 0 radical (unpaired) electrons. The maximum atomic E-state index is 9.88. The third kappa shape index (κ3) is 3.01. The van der Waals surface area contributed by atoms with Gasteiger partial charge in [-0.05, 0) is 37.3 Å². The molecule has 2 atom stereocenters. The Hall–Kier alpha value is -2.35. The van der Waals surface area contributed by atoms with Crippen LogP contribution in [-0.4, -0.2) is 33.1 Å². The number of nitrogens with two attached hydrogens (primary N) is 1. The summed E-state index contributed by atoms with van der Waals surface area (Å²) in [5.74, 6) is 1.77. The molecule has 2 aromatic heterocycles. The third-order valence-corrected chi connectivity index (χ3v) is 3.80. The molecule has 0 aliphatic carbocycles. The van der Waals surface area contributed by atoms with E-state index in [1.54, 1.807) is 44.4 Å². The lowest BCUT2D eigenvalue weighted by Crippen LogP contribution is -2.26. The van der Waals surface area contributed by atoms with E-state index >= 15 is 0 Å². The summed E-state index contributed by atoms with van der Waals surface area (Å²) in [5.41, 5.74) is 6.67. The molecule has 0 saturated heterocycles. The van der Waals surface area contributed by atoms with E-state index in [1.165, 1.54) is 10.9 Å². The summed E-state index contributed by atoms with van der Waals surface area (Å²) < 4.78 is 12.2. The molecule has 1 aromatic carbocycles. The van der Waals surface area contributed by atoms with Gasteiger partial charge in [0.1, 0.15) is 11.4 Å². The maximum Gasteiger partial charge on any atom is 0.217 e. The molecule has 7 nitrogen and oxygen atoms in total. The number of aliphatic hydroxyl groups excluding tert-OH is 1. The maximum absolute atomic E-state index is 9.88. The predicted octanol–water partition coefficient (Wildman–Crippen LogP) is 2.57. The Morgan fingerprint density at radius 2 is 2.17 bits per heavy atom. The van der Waals surface area contributed by atoms with Gasteiger partial charge in [0, 0.05) is 5.02 Å². The molecule has 3 rings (SSSR count). The Morgan fingerprint density at radius 1 is 1.38 bits per heavy atom. The molecule has 0 saturated carbocycles. The van der Waals surface area contributed by atoms with Gasteiger partial charge in [-0.1, -0.05) is 11.6 Å². The number of ether oxygens (including phenoxy) is 1. The van der Waals surface area contributed by atoms with Crippen LogP contribution >= 0.6 is 11.6 Å². The normalized spacial score (nSPS) is 13.7. The van der Waals surface area contributed by atoms with Crippen LogP contribution in [0, 0.1) is 0 Å². The Morgan fingerprint density at radius 3 is 2.79 bits per heavy atom. The van der Waals surface area contributed by atoms with Crippen LogP contribution in [0.25, 0.3) is 17.3 Å². The summed E-state index contributed by atoms with van der Waals surface area (Å²) in [6.45, 7) is 1.59. The first-order chi connectivity index (χ1) is 11.5. The lowest BCUT2D eigenvalue weighted by molar-refractivity contribution is 0.159. The van der Waals surface area contributed by atoms with Gasteiger partial charge in [0.2, 0.25) is 5.82 Å². The zero-order valence-corrected chi connectivity index (χ0v) is 13.9. The quantitative estimate of drug-likeness (QED) is 0.735. The number of aromatic nitrogens is 3. The van der Waals surface area contributed by atoms with Crippen molar-refractivity contribution >= 4 is 11.6 Å². The van der Waals surface area contributed by atoms with E-state index in [1.807, 2.05) is 0 Å². The Bertz CT molecular complexity index is 830. The van der Waals surface area contributed by atoms with Crippen molar-refractivity contribution in [3.8, 4) is 23.0 Å². The molecule has 0 unspecified atom stereocenters. The summed E-state index contributed by atoms with van der Waals surface area (Å²) >= 11 is 6.11. The van der Waals surface area contributed by atoms with Gasteiger partial charge < -0.3 is 20.0 Å². The largest absolute Gasteiger partial charge is 0.494 e. The smallest absolute Gasteiger partial charge is 0.217 e. The van der Waals surface area contributed by atoms with Crippen molar-refractivity contribution in [3.05, 3.63) is 47.4 Å². The molecule has 0 amide bonds. The highest BCUT2D eigenvalue weighted by atomic mass is 35.5. The molecule has 0 aliphatic rings. The number of furan rings is 1. The number of halogens is 1. The third-order valence-electron chi connectivity index (χ3n) is 3.56. The zero-order chi connectivity index (χ0) is 17.3. The van der Waals surface area contributed by atoms with Gasteiger partial charge in [0.15, 0.2) is 11.6 Å². The minimum atomic E-state index is -0.817. The topological polar surface area (TPSA) is 99.3 Å². The number of hydrogen-bond donors (Lipinski definition) is 2. The molecule has 0 aliphatic heterocycles. The van der Waals surface area contributed by atoms with Crippen LogP contribution in [0.15, 0.2) is 41.0 Å². The van der Waals surface area contributed by atoms with Gasteiger partial charge in [0.05, 0.1) is 25.5 Å². The fourth-order valence-electron chi connectivity index (χ4n) is 2.27. The van der Waals surface area contributed by atoms with Crippen LogP contribution in [0.5, 0.6) is 5.75 Å². The van der Waals surface area contributed by atoms with Crippen LogP contribution in [0.1, 0.15) is 18.8 Å². The van der Waals surface area contributed by atoms with Crippen molar-refractivity contribution in [2.45, 2.75) is 19.1 Å². The van der Waals surface area contributed by atoms with Crippen molar-refractivity contribution in [3.63, 3.8) is 0 Å². The van der Waals surface area contributed by atoms with Crippen LogP contribution in [0.4, 0.5) is 0 Å². The molecule has 2 heterocycles. The average Bonchev–Trinajstić information content (AvgIpc) is 3.23. The highest BCUT2D eigenvalue weighted by molar-refractivity contribution is 6.30. The highest BCUT2D eigenvalue weighted by Crippen LogP contribution is 2.30. The molecule has 126 valence electrons. The molecule has 0 fully saturated rings. The molecule has 3 aromatic rings. The summed E-state index contributed by atoms with van der Waals surface area (Å²) in [6.07, 6.45) is 0.715. The lowest BCUT2D eigenvalue weighted by atomic mass is 10.2. The molecular formula is C16H17ClN4O3. The van der Waals surface area contributed by atoms with E-state index in [9.17, 15) is 5.11 Å². The van der Waals surface area contributed by atoms with Crippen LogP contribution in [0.3, 0.4) is 0 Å². The van der Waals surface area contributed by atoms with E-state index in [0.717, 1.165) is 0 Å². The zero-order valence-electron chi connectivity index (χ0n) is 13.2. The second-order valence-electron chi connectivity index (χ2n) is 5.27. The minimum absolute atomic E-state index is 0.355. The summed E-state index contributed by atoms with van der Waals surface area (Å²) in [7, 11) is 1.55. The Balaban J connectivity index is 2.21. The SMILES string of the molecule is COc1ccc(Cl)cc1-n1nc(-c2ccco2)nc1[C@@H](N)[C@@H](C)O. The van der Waals surface area contributed by atoms with Gasteiger partial charge in [-0.3, -0.25) is 0 Å². The van der Waals surface area contributed by atoms with Crippen LogP contribution in [0.2, 0.25) is 5.02 Å². The fraction of sp³-hybridized carbons (Fsp3) is 0.250. The van der Waals surface area contributed by atoms with E-state index in [4.69, 9.17) is 26.5 Å². The second kappa shape index (κ2) is 6.64. The van der Waals surface area contributed by atoms with Crippen molar-refractivity contribution in [1.82, 2.24) is 14.8 Å². The average molecular weight is 349 g/mol. The number of aliphatic hydroxyl groups is 1. The van der Waals surface area contributed by atoms with Crippen molar-refractivity contribution < 1.29 is 14.3 Å². The summed E-state index contributed by atoms with van der Waals surface area (Å²) in [6, 6.07) is 7.87. The lowest BCUT2D eigenvalue weighted by Gasteiger charge is -2.16. The van der Waals surface area contributed by atoms with Crippen LogP contribution in [-0.2, 0) is 0 Å². The second-order valence-corrected chi connectivity index (χ2v) is 5.70. The first-order valence-corrected chi connectivity index (χ1v) is 7.67. The van der Waals surface area contributed by atoms with E-state index in [-0.39, 0.29) is 0 Å². The van der Waals surface area contributed by atoms with Crippen LogP contribution < -0.4 is 10.5 Å². The Labute approximate surface area is 143 Å². The van der Waals surface area contributed by atoms with E-state index in [0.29, 0.717) is 33.9 Å². The molecule has 3 N–H and O–H groups in total. The number of nitrogens with zero attached hydrogens (tertiary/aromatic N) is 3. The van der Waals surface area contributed by atoms with Crippen molar-refractivity contribution in [2.75, 3.05) is 7.11 Å². The molecule has 24 heavy (non-hydrogen) atoms. The minimum Gasteiger partial charge on any atom is -0.494 e. The predicted molar refractivity (Wildman–Crippen MR) is 89.2 cm³/mol. The number of hydrogen-bond acceptors (Lipinski definition) is 6. The van der Waals surface area contributed by atoms with Gasteiger partial charge in [-0.2, -0.15) is 0 Å². The molecule has 8 heteroatoms. The Kier molecular flexibility index (Phi) is 4.57. The fourth-order valence-corrected chi connectivity index (χ4v) is 2.44.